The Balaban J connectivity index is 1.68. The summed E-state index contributed by atoms with van der Waals surface area (Å²) in [5, 5.41) is 23.1. The van der Waals surface area contributed by atoms with E-state index in [1.807, 2.05) is 35.7 Å². The van der Waals surface area contributed by atoms with Gasteiger partial charge in [0.2, 0.25) is 0 Å². The number of aliphatic hydroxyl groups excluding tert-OH is 2. The topological polar surface area (TPSA) is 66.8 Å². The van der Waals surface area contributed by atoms with Crippen LogP contribution in [-0.4, -0.2) is 28.7 Å². The van der Waals surface area contributed by atoms with Gasteiger partial charge >= 0.3 is 0 Å². The Hall–Kier alpha value is -2.18. The normalized spacial score (nSPS) is 12.0. The van der Waals surface area contributed by atoms with Crippen LogP contribution in [0.15, 0.2) is 59.3 Å². The summed E-state index contributed by atoms with van der Waals surface area (Å²) in [6, 6.07) is 14.6. The van der Waals surface area contributed by atoms with E-state index in [4.69, 9.17) is 21.4 Å². The molecule has 3 aromatic rings. The second-order valence-electron chi connectivity index (χ2n) is 6.11. The van der Waals surface area contributed by atoms with Crippen LogP contribution in [0.4, 0.5) is 0 Å². The summed E-state index contributed by atoms with van der Waals surface area (Å²) in [6.45, 7) is -0.0738. The molecule has 0 saturated heterocycles. The highest BCUT2D eigenvalue weighted by molar-refractivity contribution is 7.07. The quantitative estimate of drug-likeness (QED) is 0.556. The molecule has 1 atom stereocenters. The maximum atomic E-state index is 12.0. The first-order valence-electron chi connectivity index (χ1n) is 8.41. The third-order valence-corrected chi connectivity index (χ3v) is 5.21. The predicted molar refractivity (Wildman–Crippen MR) is 107 cm³/mol. The molecule has 0 amide bonds. The average Bonchev–Trinajstić information content (AvgIpc) is 3.21. The number of rotatable bonds is 8. The summed E-state index contributed by atoms with van der Waals surface area (Å²) in [4.78, 5) is 12.0. The van der Waals surface area contributed by atoms with Crippen molar-refractivity contribution in [2.24, 2.45) is 0 Å². The third kappa shape index (κ3) is 5.17. The Bertz CT molecular complexity index is 891. The molecule has 0 radical (unpaired) electrons. The molecule has 4 nitrogen and oxygen atoms in total. The third-order valence-electron chi connectivity index (χ3n) is 4.11. The van der Waals surface area contributed by atoms with Crippen molar-refractivity contribution in [1.82, 2.24) is 0 Å². The monoisotopic (exact) mass is 402 g/mol. The maximum absolute atomic E-state index is 12.0. The summed E-state index contributed by atoms with van der Waals surface area (Å²) in [7, 11) is 0. The van der Waals surface area contributed by atoms with E-state index >= 15 is 0 Å². The highest BCUT2D eigenvalue weighted by Crippen LogP contribution is 2.23. The van der Waals surface area contributed by atoms with Crippen molar-refractivity contribution in [1.29, 1.82) is 0 Å². The molecule has 0 fully saturated rings. The second kappa shape index (κ2) is 9.15. The standard InChI is InChI=1S/C21H19ClO4S/c22-19-6-3-16(21(25)20(24)11-23)10-17(19)9-14-1-4-18(5-2-14)26-12-15-7-8-27-13-15/h1-8,10,13,20,23-24H,9,11-12H2. The lowest BCUT2D eigenvalue weighted by Crippen LogP contribution is -2.24. The largest absolute Gasteiger partial charge is 0.489 e. The minimum Gasteiger partial charge on any atom is -0.489 e. The fraction of sp³-hybridized carbons (Fsp3) is 0.190. The molecule has 1 unspecified atom stereocenters. The van der Waals surface area contributed by atoms with Gasteiger partial charge < -0.3 is 14.9 Å². The number of Topliss-reactive ketones (excluding diaryl/α,β-unsaturated/α-hetero) is 1. The van der Waals surface area contributed by atoms with E-state index in [2.05, 4.69) is 5.38 Å². The molecule has 0 aliphatic carbocycles. The van der Waals surface area contributed by atoms with Crippen LogP contribution < -0.4 is 4.74 Å². The van der Waals surface area contributed by atoms with Gasteiger partial charge in [-0.25, -0.2) is 0 Å². The van der Waals surface area contributed by atoms with E-state index in [0.29, 0.717) is 23.6 Å². The second-order valence-corrected chi connectivity index (χ2v) is 7.30. The highest BCUT2D eigenvalue weighted by Gasteiger charge is 2.17. The van der Waals surface area contributed by atoms with Crippen molar-refractivity contribution in [3.05, 3.63) is 86.6 Å². The van der Waals surface area contributed by atoms with Crippen LogP contribution >= 0.6 is 22.9 Å². The van der Waals surface area contributed by atoms with Gasteiger partial charge in [0.1, 0.15) is 18.5 Å². The Kier molecular flexibility index (Phi) is 6.63. The van der Waals surface area contributed by atoms with Crippen molar-refractivity contribution in [3.8, 4) is 5.75 Å². The van der Waals surface area contributed by atoms with Crippen molar-refractivity contribution in [2.75, 3.05) is 6.61 Å². The zero-order chi connectivity index (χ0) is 19.2. The number of halogens is 1. The van der Waals surface area contributed by atoms with Gasteiger partial charge in [-0.2, -0.15) is 11.3 Å². The number of ether oxygens (including phenoxy) is 1. The summed E-state index contributed by atoms with van der Waals surface area (Å²) < 4.78 is 5.75. The summed E-state index contributed by atoms with van der Waals surface area (Å²) in [6.07, 6.45) is -0.876. The van der Waals surface area contributed by atoms with E-state index in [1.165, 1.54) is 0 Å². The van der Waals surface area contributed by atoms with Gasteiger partial charge in [0.25, 0.3) is 0 Å². The van der Waals surface area contributed by atoms with E-state index in [1.54, 1.807) is 29.5 Å². The molecule has 2 N–H and O–H groups in total. The van der Waals surface area contributed by atoms with Crippen molar-refractivity contribution >= 4 is 28.7 Å². The van der Waals surface area contributed by atoms with Crippen molar-refractivity contribution < 1.29 is 19.7 Å². The fourth-order valence-electron chi connectivity index (χ4n) is 2.60. The molecular weight excluding hydrogens is 384 g/mol. The number of carbonyl (C=O) groups is 1. The Morgan fingerprint density at radius 3 is 2.56 bits per heavy atom. The first kappa shape index (κ1) is 19.6. The van der Waals surface area contributed by atoms with Gasteiger partial charge in [0.15, 0.2) is 5.78 Å². The van der Waals surface area contributed by atoms with Crippen LogP contribution in [0, 0.1) is 0 Å². The van der Waals surface area contributed by atoms with Crippen LogP contribution in [-0.2, 0) is 13.0 Å². The van der Waals surface area contributed by atoms with Crippen LogP contribution in [0.3, 0.4) is 0 Å². The van der Waals surface area contributed by atoms with E-state index in [9.17, 15) is 9.90 Å². The van der Waals surface area contributed by atoms with Gasteiger partial charge in [-0.3, -0.25) is 4.79 Å². The van der Waals surface area contributed by atoms with Crippen molar-refractivity contribution in [3.63, 3.8) is 0 Å². The molecule has 0 saturated carbocycles. The molecule has 27 heavy (non-hydrogen) atoms. The number of aliphatic hydroxyl groups is 2. The molecule has 0 bridgehead atoms. The molecule has 0 aliphatic rings. The first-order valence-corrected chi connectivity index (χ1v) is 9.73. The van der Waals surface area contributed by atoms with Crippen LogP contribution in [0.2, 0.25) is 5.02 Å². The SMILES string of the molecule is O=C(c1ccc(Cl)c(Cc2ccc(OCc3ccsc3)cc2)c1)C(O)CO. The van der Waals surface area contributed by atoms with Crippen LogP contribution in [0.1, 0.15) is 27.0 Å². The van der Waals surface area contributed by atoms with Crippen LogP contribution in [0.25, 0.3) is 0 Å². The van der Waals surface area contributed by atoms with E-state index in [0.717, 1.165) is 22.4 Å². The maximum Gasteiger partial charge on any atom is 0.193 e. The number of hydrogen-bond acceptors (Lipinski definition) is 5. The lowest BCUT2D eigenvalue weighted by Gasteiger charge is -2.11. The summed E-state index contributed by atoms with van der Waals surface area (Å²) in [5.41, 5.74) is 3.26. The Morgan fingerprint density at radius 1 is 1.11 bits per heavy atom. The first-order chi connectivity index (χ1) is 13.1. The van der Waals surface area contributed by atoms with E-state index in [-0.39, 0.29) is 0 Å². The minimum atomic E-state index is -1.42. The summed E-state index contributed by atoms with van der Waals surface area (Å²) in [5.74, 6) is 0.263. The zero-order valence-corrected chi connectivity index (χ0v) is 16.0. The number of thiophene rings is 1. The molecule has 1 aromatic heterocycles. The molecule has 1 heterocycles. The van der Waals surface area contributed by atoms with Gasteiger partial charge in [-0.1, -0.05) is 23.7 Å². The summed E-state index contributed by atoms with van der Waals surface area (Å²) >= 11 is 7.90. The van der Waals surface area contributed by atoms with Gasteiger partial charge in [0, 0.05) is 10.6 Å². The zero-order valence-electron chi connectivity index (χ0n) is 14.5. The number of ketones is 1. The molecule has 140 valence electrons. The fourth-order valence-corrected chi connectivity index (χ4v) is 3.44. The smallest absolute Gasteiger partial charge is 0.193 e. The minimum absolute atomic E-state index is 0.326. The average molecular weight is 403 g/mol. The molecule has 6 heteroatoms. The molecule has 0 spiro atoms. The molecule has 0 aliphatic heterocycles. The van der Waals surface area contributed by atoms with Gasteiger partial charge in [-0.15, -0.1) is 0 Å². The Labute approximate surface area is 166 Å². The van der Waals surface area contributed by atoms with E-state index < -0.39 is 18.5 Å². The van der Waals surface area contributed by atoms with Gasteiger partial charge in [0.05, 0.1) is 6.61 Å². The lowest BCUT2D eigenvalue weighted by molar-refractivity contribution is 0.0587. The van der Waals surface area contributed by atoms with Crippen molar-refractivity contribution in [2.45, 2.75) is 19.1 Å². The number of hydrogen-bond donors (Lipinski definition) is 2. The predicted octanol–water partition coefficient (Wildman–Crippen LogP) is 4.11. The number of benzene rings is 2. The van der Waals surface area contributed by atoms with Crippen LogP contribution in [0.5, 0.6) is 5.75 Å². The lowest BCUT2D eigenvalue weighted by atomic mass is 9.99. The highest BCUT2D eigenvalue weighted by atomic mass is 35.5. The van der Waals surface area contributed by atoms with Gasteiger partial charge in [-0.05, 0) is 70.3 Å². The molecule has 2 aromatic carbocycles. The Morgan fingerprint density at radius 2 is 1.89 bits per heavy atom. The molecule has 3 rings (SSSR count). The molecular formula is C21H19ClO4S. The number of carbonyl (C=O) groups excluding carboxylic acids is 1.